The smallest absolute Gasteiger partial charge is 0.203 e. The second-order valence-corrected chi connectivity index (χ2v) is 5.66. The monoisotopic (exact) mass is 207 g/mol. The van der Waals surface area contributed by atoms with Gasteiger partial charge in [0.25, 0.3) is 0 Å². The first kappa shape index (κ1) is 9.40. The van der Waals surface area contributed by atoms with Gasteiger partial charge in [-0.25, -0.2) is 8.42 Å². The second-order valence-electron chi connectivity index (χ2n) is 2.21. The van der Waals surface area contributed by atoms with Gasteiger partial charge in [-0.2, -0.15) is 0 Å². The Balaban J connectivity index is 2.77. The largest absolute Gasteiger partial charge is 0.374 e. The molecule has 0 radical (unpaired) electrons. The van der Waals surface area contributed by atoms with Gasteiger partial charge < -0.3 is 5.73 Å². The Kier molecular flexibility index (Phi) is 2.63. The van der Waals surface area contributed by atoms with Gasteiger partial charge in [-0.3, -0.25) is 0 Å². The first-order valence-electron chi connectivity index (χ1n) is 3.32. The zero-order valence-electron chi connectivity index (χ0n) is 6.52. The van der Waals surface area contributed by atoms with Crippen molar-refractivity contribution in [2.75, 3.05) is 11.5 Å². The third-order valence-corrected chi connectivity index (χ3v) is 3.79. The van der Waals surface area contributed by atoms with Crippen LogP contribution in [0.3, 0.4) is 0 Å². The molecule has 2 N–H and O–H groups in total. The van der Waals surface area contributed by atoms with E-state index in [4.69, 9.17) is 5.73 Å². The molecule has 68 valence electrons. The number of rotatable bonds is 3. The molecule has 1 aromatic heterocycles. The Morgan fingerprint density at radius 3 is 2.58 bits per heavy atom. The number of anilines is 1. The Morgan fingerprint density at radius 1 is 1.50 bits per heavy atom. The van der Waals surface area contributed by atoms with Gasteiger partial charge in [0.1, 0.15) is 10.8 Å². The quantitative estimate of drug-likeness (QED) is 0.757. The number of sulfone groups is 1. The van der Waals surface area contributed by atoms with Gasteiger partial charge in [-0.15, -0.1) is 10.2 Å². The number of hydrogen-bond donors (Lipinski definition) is 1. The second kappa shape index (κ2) is 3.36. The average molecular weight is 207 g/mol. The minimum absolute atomic E-state index is 0.0572. The number of hydrogen-bond acceptors (Lipinski definition) is 6. The van der Waals surface area contributed by atoms with Crippen molar-refractivity contribution in [1.29, 1.82) is 0 Å². The minimum atomic E-state index is -3.01. The summed E-state index contributed by atoms with van der Waals surface area (Å²) in [6.07, 6.45) is 0. The maximum atomic E-state index is 11.1. The third kappa shape index (κ3) is 2.42. The molecule has 0 atom stereocenters. The van der Waals surface area contributed by atoms with Crippen molar-refractivity contribution < 1.29 is 8.42 Å². The van der Waals surface area contributed by atoms with Gasteiger partial charge in [0.15, 0.2) is 9.84 Å². The maximum absolute atomic E-state index is 11.1. The molecule has 0 saturated carbocycles. The van der Waals surface area contributed by atoms with Crippen molar-refractivity contribution in [3.63, 3.8) is 0 Å². The molecule has 0 aliphatic heterocycles. The highest BCUT2D eigenvalue weighted by atomic mass is 32.2. The van der Waals surface area contributed by atoms with Crippen LogP contribution in [0.2, 0.25) is 0 Å². The van der Waals surface area contributed by atoms with E-state index in [0.29, 0.717) is 10.1 Å². The van der Waals surface area contributed by atoms with E-state index in [9.17, 15) is 8.42 Å². The Hall–Kier alpha value is -0.690. The molecular formula is C5H9N3O2S2. The summed E-state index contributed by atoms with van der Waals surface area (Å²) in [6, 6.07) is 0. The van der Waals surface area contributed by atoms with Gasteiger partial charge in [-0.1, -0.05) is 18.3 Å². The molecule has 1 aromatic rings. The van der Waals surface area contributed by atoms with Crippen LogP contribution in [0.1, 0.15) is 11.9 Å². The normalized spacial score (nSPS) is 11.8. The highest BCUT2D eigenvalue weighted by Gasteiger charge is 2.12. The van der Waals surface area contributed by atoms with E-state index < -0.39 is 9.84 Å². The van der Waals surface area contributed by atoms with Crippen LogP contribution in [0.25, 0.3) is 0 Å². The van der Waals surface area contributed by atoms with Crippen LogP contribution < -0.4 is 5.73 Å². The molecule has 0 unspecified atom stereocenters. The molecule has 5 nitrogen and oxygen atoms in total. The lowest BCUT2D eigenvalue weighted by Crippen LogP contribution is -2.06. The SMILES string of the molecule is CCS(=O)(=O)Cc1nnc(N)s1. The highest BCUT2D eigenvalue weighted by Crippen LogP contribution is 2.13. The molecule has 0 aromatic carbocycles. The van der Waals surface area contributed by atoms with E-state index in [2.05, 4.69) is 10.2 Å². The topological polar surface area (TPSA) is 85.9 Å². The molecular weight excluding hydrogens is 198 g/mol. The fourth-order valence-corrected chi connectivity index (χ4v) is 2.43. The molecule has 0 spiro atoms. The Morgan fingerprint density at radius 2 is 2.17 bits per heavy atom. The molecule has 0 amide bonds. The lowest BCUT2D eigenvalue weighted by atomic mass is 10.8. The van der Waals surface area contributed by atoms with E-state index in [1.54, 1.807) is 6.92 Å². The molecule has 7 heteroatoms. The van der Waals surface area contributed by atoms with E-state index >= 15 is 0 Å². The first-order chi connectivity index (χ1) is 5.53. The van der Waals surface area contributed by atoms with Crippen LogP contribution in [-0.4, -0.2) is 24.4 Å². The lowest BCUT2D eigenvalue weighted by molar-refractivity contribution is 0.596. The molecule has 12 heavy (non-hydrogen) atoms. The van der Waals surface area contributed by atoms with Gasteiger partial charge in [0.2, 0.25) is 5.13 Å². The van der Waals surface area contributed by atoms with E-state index in [1.807, 2.05) is 0 Å². The lowest BCUT2D eigenvalue weighted by Gasteiger charge is -1.94. The van der Waals surface area contributed by atoms with Gasteiger partial charge in [-0.05, 0) is 0 Å². The molecule has 0 fully saturated rings. The summed E-state index contributed by atoms with van der Waals surface area (Å²) in [5.74, 6) is 0.0604. The van der Waals surface area contributed by atoms with Crippen molar-refractivity contribution >= 4 is 26.3 Å². The third-order valence-electron chi connectivity index (χ3n) is 1.27. The summed E-state index contributed by atoms with van der Waals surface area (Å²) in [6.45, 7) is 1.60. The average Bonchev–Trinajstić information content (AvgIpc) is 2.35. The van der Waals surface area contributed by atoms with Crippen molar-refractivity contribution in [2.24, 2.45) is 0 Å². The number of aromatic nitrogens is 2. The molecule has 0 saturated heterocycles. The maximum Gasteiger partial charge on any atom is 0.203 e. The Labute approximate surface area is 74.5 Å². The van der Waals surface area contributed by atoms with Crippen LogP contribution in [0.4, 0.5) is 5.13 Å². The molecule has 1 heterocycles. The molecule has 0 aliphatic carbocycles. The van der Waals surface area contributed by atoms with Crippen molar-refractivity contribution in [2.45, 2.75) is 12.7 Å². The molecule has 0 bridgehead atoms. The zero-order chi connectivity index (χ0) is 9.19. The predicted molar refractivity (Wildman–Crippen MR) is 47.5 cm³/mol. The van der Waals surface area contributed by atoms with Gasteiger partial charge in [0.05, 0.1) is 0 Å². The number of nitrogen functional groups attached to an aromatic ring is 1. The van der Waals surface area contributed by atoms with E-state index in [0.717, 1.165) is 11.3 Å². The zero-order valence-corrected chi connectivity index (χ0v) is 8.15. The van der Waals surface area contributed by atoms with Crippen molar-refractivity contribution in [3.05, 3.63) is 5.01 Å². The summed E-state index contributed by atoms with van der Waals surface area (Å²) in [7, 11) is -3.01. The van der Waals surface area contributed by atoms with Gasteiger partial charge >= 0.3 is 0 Å². The van der Waals surface area contributed by atoms with Crippen LogP contribution in [-0.2, 0) is 15.6 Å². The predicted octanol–water partition coefficient (Wildman–Crippen LogP) is 0.0550. The summed E-state index contributed by atoms with van der Waals surface area (Å²) in [4.78, 5) is 0. The minimum Gasteiger partial charge on any atom is -0.374 e. The standard InChI is InChI=1S/C5H9N3O2S2/c1-2-12(9,10)3-4-7-8-5(6)11-4/h2-3H2,1H3,(H2,6,8). The van der Waals surface area contributed by atoms with Crippen molar-refractivity contribution in [3.8, 4) is 0 Å². The first-order valence-corrected chi connectivity index (χ1v) is 5.95. The van der Waals surface area contributed by atoms with Crippen LogP contribution >= 0.6 is 11.3 Å². The molecule has 1 rings (SSSR count). The summed E-state index contributed by atoms with van der Waals surface area (Å²) < 4.78 is 22.2. The summed E-state index contributed by atoms with van der Waals surface area (Å²) in [5, 5.41) is 7.89. The van der Waals surface area contributed by atoms with Crippen LogP contribution in [0.15, 0.2) is 0 Å². The fourth-order valence-electron chi connectivity index (χ4n) is 0.615. The summed E-state index contributed by atoms with van der Waals surface area (Å²) in [5.41, 5.74) is 5.29. The van der Waals surface area contributed by atoms with E-state index in [-0.39, 0.29) is 11.5 Å². The van der Waals surface area contributed by atoms with Crippen LogP contribution in [0, 0.1) is 0 Å². The highest BCUT2D eigenvalue weighted by molar-refractivity contribution is 7.90. The van der Waals surface area contributed by atoms with Crippen LogP contribution in [0.5, 0.6) is 0 Å². The molecule has 0 aliphatic rings. The van der Waals surface area contributed by atoms with Gasteiger partial charge in [0, 0.05) is 5.75 Å². The van der Waals surface area contributed by atoms with Crippen molar-refractivity contribution in [1.82, 2.24) is 10.2 Å². The Bertz CT molecular complexity index is 357. The fraction of sp³-hybridized carbons (Fsp3) is 0.600. The van der Waals surface area contributed by atoms with E-state index in [1.165, 1.54) is 0 Å². The number of nitrogens with two attached hydrogens (primary N) is 1. The number of nitrogens with zero attached hydrogens (tertiary/aromatic N) is 2. The summed E-state index contributed by atoms with van der Waals surface area (Å²) >= 11 is 1.11.